The number of aromatic nitrogens is 2. The molecule has 0 fully saturated rings. The van der Waals surface area contributed by atoms with Crippen LogP contribution >= 0.6 is 0 Å². The second kappa shape index (κ2) is 8.31. The van der Waals surface area contributed by atoms with Gasteiger partial charge in [0.1, 0.15) is 11.4 Å². The van der Waals surface area contributed by atoms with Crippen LogP contribution < -0.4 is 15.4 Å². The van der Waals surface area contributed by atoms with Crippen LogP contribution in [0, 0.1) is 6.92 Å². The van der Waals surface area contributed by atoms with Crippen molar-refractivity contribution in [2.75, 3.05) is 10.6 Å². The fraction of sp³-hybridized carbons (Fsp3) is 0.190. The molecule has 0 aliphatic rings. The Morgan fingerprint density at radius 1 is 1.04 bits per heavy atom. The number of carbonyl (C=O) groups excluding carboxylic acids is 1. The van der Waals surface area contributed by atoms with Crippen molar-refractivity contribution < 1.29 is 9.53 Å². The summed E-state index contributed by atoms with van der Waals surface area (Å²) in [5, 5.41) is 5.94. The fourth-order valence-corrected chi connectivity index (χ4v) is 2.48. The Hall–Kier alpha value is -3.41. The number of hydrogen-bond acceptors (Lipinski definition) is 5. The highest BCUT2D eigenvalue weighted by Gasteiger charge is 2.10. The van der Waals surface area contributed by atoms with E-state index in [1.165, 1.54) is 0 Å². The number of carbonyl (C=O) groups is 1. The lowest BCUT2D eigenvalue weighted by atomic mass is 10.2. The lowest BCUT2D eigenvalue weighted by molar-refractivity contribution is 0.102. The topological polar surface area (TPSA) is 76.1 Å². The highest BCUT2D eigenvalue weighted by atomic mass is 16.5. The van der Waals surface area contributed by atoms with Crippen molar-refractivity contribution in [3.05, 3.63) is 72.1 Å². The third kappa shape index (κ3) is 5.28. The molecule has 3 aromatic rings. The van der Waals surface area contributed by atoms with Gasteiger partial charge in [-0.3, -0.25) is 4.79 Å². The van der Waals surface area contributed by atoms with E-state index in [9.17, 15) is 4.79 Å². The maximum absolute atomic E-state index is 12.4. The predicted molar refractivity (Wildman–Crippen MR) is 107 cm³/mol. The molecule has 0 radical (unpaired) electrons. The minimum Gasteiger partial charge on any atom is -0.491 e. The minimum atomic E-state index is -0.285. The predicted octanol–water partition coefficient (Wildman–Crippen LogP) is 4.57. The van der Waals surface area contributed by atoms with Crippen LogP contribution in [0.1, 0.15) is 29.9 Å². The van der Waals surface area contributed by atoms with Crippen LogP contribution in [0.25, 0.3) is 0 Å². The van der Waals surface area contributed by atoms with Crippen molar-refractivity contribution in [1.82, 2.24) is 9.97 Å². The second-order valence-corrected chi connectivity index (χ2v) is 6.41. The smallest absolute Gasteiger partial charge is 0.274 e. The van der Waals surface area contributed by atoms with E-state index in [0.717, 1.165) is 22.7 Å². The van der Waals surface area contributed by atoms with Gasteiger partial charge in [-0.2, -0.15) is 0 Å². The Morgan fingerprint density at radius 2 is 1.81 bits per heavy atom. The van der Waals surface area contributed by atoms with E-state index in [1.807, 2.05) is 69.3 Å². The first kappa shape index (κ1) is 18.4. The molecule has 1 aromatic heterocycles. The van der Waals surface area contributed by atoms with Gasteiger partial charge in [-0.1, -0.05) is 12.1 Å². The van der Waals surface area contributed by atoms with Gasteiger partial charge in [0.05, 0.1) is 6.10 Å². The average Bonchev–Trinajstić information content (AvgIpc) is 2.63. The molecule has 0 unspecified atom stereocenters. The first-order valence-electron chi connectivity index (χ1n) is 8.74. The number of anilines is 3. The third-order valence-corrected chi connectivity index (χ3v) is 3.65. The first-order chi connectivity index (χ1) is 13.0. The van der Waals surface area contributed by atoms with Crippen molar-refractivity contribution in [2.45, 2.75) is 26.9 Å². The van der Waals surface area contributed by atoms with Crippen molar-refractivity contribution >= 4 is 23.2 Å². The maximum Gasteiger partial charge on any atom is 0.274 e. The van der Waals surface area contributed by atoms with Gasteiger partial charge in [0.15, 0.2) is 0 Å². The summed E-state index contributed by atoms with van der Waals surface area (Å²) in [6.07, 6.45) is 1.67. The van der Waals surface area contributed by atoms with Crippen LogP contribution in [-0.4, -0.2) is 22.0 Å². The van der Waals surface area contributed by atoms with E-state index in [4.69, 9.17) is 4.74 Å². The zero-order chi connectivity index (χ0) is 19.2. The highest BCUT2D eigenvalue weighted by molar-refractivity contribution is 6.03. The Bertz CT molecular complexity index is 923. The van der Waals surface area contributed by atoms with Crippen molar-refractivity contribution in [3.8, 4) is 5.75 Å². The van der Waals surface area contributed by atoms with E-state index >= 15 is 0 Å². The van der Waals surface area contributed by atoms with Gasteiger partial charge in [0, 0.05) is 17.6 Å². The van der Waals surface area contributed by atoms with E-state index < -0.39 is 0 Å². The first-order valence-corrected chi connectivity index (χ1v) is 8.74. The molecule has 6 nitrogen and oxygen atoms in total. The van der Waals surface area contributed by atoms with Gasteiger partial charge in [-0.25, -0.2) is 9.97 Å². The average molecular weight is 362 g/mol. The maximum atomic E-state index is 12.4. The number of amides is 1. The summed E-state index contributed by atoms with van der Waals surface area (Å²) in [7, 11) is 0. The zero-order valence-electron chi connectivity index (χ0n) is 15.6. The standard InChI is InChI=1S/C21H22N4O2/c1-14(2)27-18-9-7-16(8-10-18)24-21-22-12-11-19(25-21)20(26)23-17-6-4-5-15(3)13-17/h4-14H,1-3H3,(H,23,26)(H,22,24,25). The summed E-state index contributed by atoms with van der Waals surface area (Å²) in [6.45, 7) is 5.93. The number of ether oxygens (including phenoxy) is 1. The van der Waals surface area contributed by atoms with E-state index in [1.54, 1.807) is 12.3 Å². The van der Waals surface area contributed by atoms with Crippen molar-refractivity contribution in [3.63, 3.8) is 0 Å². The van der Waals surface area contributed by atoms with Crippen LogP contribution in [0.4, 0.5) is 17.3 Å². The van der Waals surface area contributed by atoms with Gasteiger partial charge in [-0.05, 0) is 68.8 Å². The van der Waals surface area contributed by atoms with Crippen molar-refractivity contribution in [2.24, 2.45) is 0 Å². The summed E-state index contributed by atoms with van der Waals surface area (Å²) in [4.78, 5) is 20.9. The molecular formula is C21H22N4O2. The molecule has 0 saturated heterocycles. The van der Waals surface area contributed by atoms with Crippen LogP contribution in [0.15, 0.2) is 60.8 Å². The Labute approximate surface area is 158 Å². The quantitative estimate of drug-likeness (QED) is 0.672. The van der Waals surface area contributed by atoms with E-state index in [0.29, 0.717) is 5.95 Å². The third-order valence-electron chi connectivity index (χ3n) is 3.65. The molecule has 0 aliphatic heterocycles. The zero-order valence-corrected chi connectivity index (χ0v) is 15.6. The largest absolute Gasteiger partial charge is 0.491 e. The number of benzene rings is 2. The Kier molecular flexibility index (Phi) is 5.66. The van der Waals surface area contributed by atoms with E-state index in [2.05, 4.69) is 20.6 Å². The molecule has 0 bridgehead atoms. The summed E-state index contributed by atoms with van der Waals surface area (Å²) in [5.41, 5.74) is 2.90. The number of aryl methyl sites for hydroxylation is 1. The molecule has 1 heterocycles. The molecule has 27 heavy (non-hydrogen) atoms. The van der Waals surface area contributed by atoms with Gasteiger partial charge < -0.3 is 15.4 Å². The normalized spacial score (nSPS) is 10.5. The van der Waals surface area contributed by atoms with Crippen LogP contribution in [0.2, 0.25) is 0 Å². The lowest BCUT2D eigenvalue weighted by Crippen LogP contribution is -2.14. The van der Waals surface area contributed by atoms with E-state index in [-0.39, 0.29) is 17.7 Å². The SMILES string of the molecule is Cc1cccc(NC(=O)c2ccnc(Nc3ccc(OC(C)C)cc3)n2)c1. The molecule has 6 heteroatoms. The van der Waals surface area contributed by atoms with Gasteiger partial charge in [-0.15, -0.1) is 0 Å². The number of rotatable bonds is 6. The van der Waals surface area contributed by atoms with Crippen molar-refractivity contribution in [1.29, 1.82) is 0 Å². The second-order valence-electron chi connectivity index (χ2n) is 6.41. The van der Waals surface area contributed by atoms with Crippen LogP contribution in [-0.2, 0) is 0 Å². The molecule has 0 spiro atoms. The Balaban J connectivity index is 1.68. The fourth-order valence-electron chi connectivity index (χ4n) is 2.48. The number of nitrogens with one attached hydrogen (secondary N) is 2. The number of hydrogen-bond donors (Lipinski definition) is 2. The molecule has 0 aliphatic carbocycles. The molecule has 2 aromatic carbocycles. The molecule has 2 N–H and O–H groups in total. The summed E-state index contributed by atoms with van der Waals surface area (Å²) < 4.78 is 5.62. The van der Waals surface area contributed by atoms with Crippen LogP contribution in [0.5, 0.6) is 5.75 Å². The monoisotopic (exact) mass is 362 g/mol. The highest BCUT2D eigenvalue weighted by Crippen LogP contribution is 2.19. The van der Waals surface area contributed by atoms with Crippen LogP contribution in [0.3, 0.4) is 0 Å². The number of nitrogens with zero attached hydrogens (tertiary/aromatic N) is 2. The molecule has 3 rings (SSSR count). The van der Waals surface area contributed by atoms with Gasteiger partial charge >= 0.3 is 0 Å². The minimum absolute atomic E-state index is 0.121. The summed E-state index contributed by atoms with van der Waals surface area (Å²) in [6, 6.07) is 16.7. The molecule has 138 valence electrons. The lowest BCUT2D eigenvalue weighted by Gasteiger charge is -2.11. The summed E-state index contributed by atoms with van der Waals surface area (Å²) >= 11 is 0. The van der Waals surface area contributed by atoms with Gasteiger partial charge in [0.25, 0.3) is 5.91 Å². The van der Waals surface area contributed by atoms with Gasteiger partial charge in [0.2, 0.25) is 5.95 Å². The Morgan fingerprint density at radius 3 is 2.52 bits per heavy atom. The molecule has 1 amide bonds. The molecule has 0 saturated carbocycles. The summed E-state index contributed by atoms with van der Waals surface area (Å²) in [5.74, 6) is 0.860. The molecular weight excluding hydrogens is 340 g/mol. The molecule has 0 atom stereocenters.